The van der Waals surface area contributed by atoms with Crippen LogP contribution in [0, 0.1) is 5.92 Å². The van der Waals surface area contributed by atoms with Crippen LogP contribution in [0.1, 0.15) is 76.1 Å². The Morgan fingerprint density at radius 2 is 1.36 bits per heavy atom. The Bertz CT molecular complexity index is 1310. The van der Waals surface area contributed by atoms with E-state index in [2.05, 4.69) is 32.2 Å². The molecule has 0 bridgehead atoms. The first-order chi connectivity index (χ1) is 21.4. The van der Waals surface area contributed by atoms with Gasteiger partial charge in [-0.3, -0.25) is 0 Å². The summed E-state index contributed by atoms with van der Waals surface area (Å²) in [4.78, 5) is 23.9. The largest absolute Gasteiger partial charge is 0.493 e. The number of halogens is 1. The molecule has 2 rings (SSSR count). The molecule has 0 aromatic heterocycles. The molecule has 0 aliphatic rings. The van der Waals surface area contributed by atoms with E-state index in [1.165, 1.54) is 6.92 Å². The first-order valence-electron chi connectivity index (χ1n) is 15.6. The van der Waals surface area contributed by atoms with Crippen LogP contribution in [0.4, 0.5) is 4.39 Å². The van der Waals surface area contributed by atoms with Crippen molar-refractivity contribution in [1.29, 1.82) is 0 Å². The highest BCUT2D eigenvalue weighted by Gasteiger charge is 2.18. The van der Waals surface area contributed by atoms with E-state index in [1.807, 2.05) is 18.2 Å². The highest BCUT2D eigenvalue weighted by Crippen LogP contribution is 2.36. The van der Waals surface area contributed by atoms with Crippen molar-refractivity contribution >= 4 is 17.5 Å². The maximum atomic E-state index is 14.0. The zero-order chi connectivity index (χ0) is 33.5. The van der Waals surface area contributed by atoms with Crippen LogP contribution in [-0.4, -0.2) is 55.2 Å². The van der Waals surface area contributed by atoms with Gasteiger partial charge in [0.05, 0.1) is 19.8 Å². The summed E-state index contributed by atoms with van der Waals surface area (Å²) in [5, 5.41) is 19.1. The quantitative estimate of drug-likeness (QED) is 0.0976. The highest BCUT2D eigenvalue weighted by molar-refractivity contribution is 5.87. The van der Waals surface area contributed by atoms with E-state index in [0.29, 0.717) is 54.6 Å². The van der Waals surface area contributed by atoms with Crippen LogP contribution in [0.2, 0.25) is 0 Å². The molecule has 2 aromatic rings. The molecule has 0 aliphatic carbocycles. The van der Waals surface area contributed by atoms with Gasteiger partial charge in [0.2, 0.25) is 0 Å². The van der Waals surface area contributed by atoms with Crippen LogP contribution in [0.25, 0.3) is 16.7 Å². The van der Waals surface area contributed by atoms with Gasteiger partial charge in [0, 0.05) is 30.3 Å². The third-order valence-electron chi connectivity index (χ3n) is 7.62. The number of hydrogen-bond donors (Lipinski definition) is 2. The predicted molar refractivity (Wildman–Crippen MR) is 177 cm³/mol. The number of allylic oxidation sites excluding steroid dienone is 2. The number of hydrogen-bond acceptors (Lipinski definition) is 7. The maximum absolute atomic E-state index is 14.0. The summed E-state index contributed by atoms with van der Waals surface area (Å²) in [5.74, 6) is -0.711. The molecule has 2 N–H and O–H groups in total. The third kappa shape index (κ3) is 11.6. The minimum atomic E-state index is -0.440. The third-order valence-corrected chi connectivity index (χ3v) is 7.62. The van der Waals surface area contributed by atoms with Crippen molar-refractivity contribution in [2.24, 2.45) is 5.92 Å². The van der Waals surface area contributed by atoms with Crippen LogP contribution in [0.5, 0.6) is 5.75 Å². The molecule has 2 aromatic carbocycles. The molecule has 246 valence electrons. The fraction of sp³-hybridized carbons (Fsp3) is 0.459. The molecule has 0 atom stereocenters. The fourth-order valence-electron chi connectivity index (χ4n) is 4.74. The molecule has 0 saturated heterocycles. The van der Waals surface area contributed by atoms with Gasteiger partial charge in [-0.1, -0.05) is 38.3 Å². The standard InChI is InChI=1S/C37H49FO7/c1-8-29-19-30(26(6)27(7)38)13-14-34(29)33-20-31(11-9-16-44-36(41)24(2)3)35(43-18-15-28(22-39)23-40)32(21-33)12-10-17-45-37(42)25(4)5/h13-14,19-21,28,39-40H,2,4,8-12,15-18,22-23H2,1,3,5-7H3/b27-26-. The van der Waals surface area contributed by atoms with Gasteiger partial charge in [0.1, 0.15) is 11.6 Å². The molecular weight excluding hydrogens is 575 g/mol. The molecule has 0 amide bonds. The van der Waals surface area contributed by atoms with Gasteiger partial charge in [0.25, 0.3) is 0 Å². The van der Waals surface area contributed by atoms with Crippen LogP contribution in [-0.2, 0) is 38.3 Å². The summed E-state index contributed by atoms with van der Waals surface area (Å²) in [6, 6.07) is 10.1. The minimum absolute atomic E-state index is 0.146. The second-order valence-corrected chi connectivity index (χ2v) is 11.4. The highest BCUT2D eigenvalue weighted by atomic mass is 19.1. The average molecular weight is 625 g/mol. The van der Waals surface area contributed by atoms with E-state index in [1.54, 1.807) is 20.8 Å². The Kier molecular flexibility index (Phi) is 15.7. The first-order valence-corrected chi connectivity index (χ1v) is 15.6. The van der Waals surface area contributed by atoms with Crippen LogP contribution >= 0.6 is 0 Å². The summed E-state index contributed by atoms with van der Waals surface area (Å²) < 4.78 is 31.1. The van der Waals surface area contributed by atoms with Gasteiger partial charge in [-0.25, -0.2) is 14.0 Å². The molecule has 7 nitrogen and oxygen atoms in total. The maximum Gasteiger partial charge on any atom is 0.333 e. The lowest BCUT2D eigenvalue weighted by molar-refractivity contribution is -0.139. The zero-order valence-corrected chi connectivity index (χ0v) is 27.5. The number of ether oxygens (including phenoxy) is 3. The summed E-state index contributed by atoms with van der Waals surface area (Å²) >= 11 is 0. The van der Waals surface area contributed by atoms with Crippen LogP contribution < -0.4 is 4.74 Å². The number of esters is 2. The Labute approximate surface area is 267 Å². The number of benzene rings is 2. The lowest BCUT2D eigenvalue weighted by Crippen LogP contribution is -2.16. The smallest absolute Gasteiger partial charge is 0.333 e. The van der Waals surface area contributed by atoms with Gasteiger partial charge >= 0.3 is 11.9 Å². The van der Waals surface area contributed by atoms with Crippen molar-refractivity contribution in [2.45, 2.75) is 73.1 Å². The molecule has 0 radical (unpaired) electrons. The Morgan fingerprint density at radius 3 is 1.80 bits per heavy atom. The van der Waals surface area contributed by atoms with Gasteiger partial charge in [-0.15, -0.1) is 0 Å². The molecule has 45 heavy (non-hydrogen) atoms. The van der Waals surface area contributed by atoms with Crippen molar-refractivity contribution < 1.29 is 38.4 Å². The van der Waals surface area contributed by atoms with E-state index in [9.17, 15) is 24.2 Å². The lowest BCUT2D eigenvalue weighted by atomic mass is 9.90. The Morgan fingerprint density at radius 1 is 0.822 bits per heavy atom. The fourth-order valence-corrected chi connectivity index (χ4v) is 4.74. The van der Waals surface area contributed by atoms with E-state index < -0.39 is 11.9 Å². The monoisotopic (exact) mass is 624 g/mol. The molecule has 0 aliphatic heterocycles. The van der Waals surface area contributed by atoms with E-state index in [-0.39, 0.29) is 44.8 Å². The predicted octanol–water partition coefficient (Wildman–Crippen LogP) is 7.11. The first kappa shape index (κ1) is 37.4. The SMILES string of the molecule is C=C(C)C(=O)OCCCc1cc(-c2ccc(/C(C)=C(/C)F)cc2CC)cc(CCCOC(=O)C(=C)C)c1OCCC(CO)CO. The molecule has 0 saturated carbocycles. The normalized spacial score (nSPS) is 11.7. The van der Waals surface area contributed by atoms with Crippen molar-refractivity contribution in [3.63, 3.8) is 0 Å². The van der Waals surface area contributed by atoms with Crippen molar-refractivity contribution in [1.82, 2.24) is 0 Å². The van der Waals surface area contributed by atoms with Gasteiger partial charge in [-0.05, 0) is 117 Å². The Hall–Kier alpha value is -3.75. The van der Waals surface area contributed by atoms with Gasteiger partial charge in [0.15, 0.2) is 0 Å². The zero-order valence-electron chi connectivity index (χ0n) is 27.5. The van der Waals surface area contributed by atoms with E-state index >= 15 is 0 Å². The molecule has 8 heteroatoms. The summed E-state index contributed by atoms with van der Waals surface area (Å²) in [7, 11) is 0. The van der Waals surface area contributed by atoms with E-state index in [0.717, 1.165) is 39.8 Å². The van der Waals surface area contributed by atoms with Gasteiger partial charge in [-0.2, -0.15) is 0 Å². The van der Waals surface area contributed by atoms with Crippen molar-refractivity contribution in [3.05, 3.63) is 82.7 Å². The summed E-state index contributed by atoms with van der Waals surface area (Å²) in [5.41, 5.74) is 6.98. The van der Waals surface area contributed by atoms with E-state index in [4.69, 9.17) is 14.2 Å². The number of rotatable bonds is 19. The molecule has 0 heterocycles. The topological polar surface area (TPSA) is 102 Å². The lowest BCUT2D eigenvalue weighted by Gasteiger charge is -2.21. The second-order valence-electron chi connectivity index (χ2n) is 11.4. The minimum Gasteiger partial charge on any atom is -0.493 e. The average Bonchev–Trinajstić information content (AvgIpc) is 3.02. The summed E-state index contributed by atoms with van der Waals surface area (Å²) in [6.45, 7) is 16.2. The Balaban J connectivity index is 2.57. The number of aryl methyl sites for hydroxylation is 3. The number of carbonyl (C=O) groups excluding carboxylic acids is 2. The molecule has 0 unspecified atom stereocenters. The molecule has 0 spiro atoms. The second kappa shape index (κ2) is 18.9. The number of aliphatic hydroxyl groups excluding tert-OH is 2. The van der Waals surface area contributed by atoms with Crippen LogP contribution in [0.3, 0.4) is 0 Å². The summed E-state index contributed by atoms with van der Waals surface area (Å²) in [6.07, 6.45) is 3.39. The number of aliphatic hydroxyl groups is 2. The van der Waals surface area contributed by atoms with Crippen molar-refractivity contribution in [2.75, 3.05) is 33.0 Å². The molecule has 0 fully saturated rings. The van der Waals surface area contributed by atoms with Gasteiger partial charge < -0.3 is 24.4 Å². The number of carbonyl (C=O) groups is 2. The molecular formula is C37H49FO7. The van der Waals surface area contributed by atoms with Crippen LogP contribution in [0.15, 0.2) is 60.5 Å². The van der Waals surface area contributed by atoms with Crippen molar-refractivity contribution in [3.8, 4) is 16.9 Å².